The van der Waals surface area contributed by atoms with Gasteiger partial charge in [-0.3, -0.25) is 0 Å². The Morgan fingerprint density at radius 3 is 2.60 bits per heavy atom. The summed E-state index contributed by atoms with van der Waals surface area (Å²) in [6.45, 7) is 7.74. The van der Waals surface area contributed by atoms with Gasteiger partial charge in [-0.1, -0.05) is 6.92 Å². The number of carboxylic acids is 1. The minimum Gasteiger partial charge on any atom is -0.478 e. The standard InChI is InChI=1S/C16H22N2O2/c1-4-7-18-11(3)13(5-6-17)14-9-12(16(19)20)8-10(2)15(14)18/h8-9H,4-7,17H2,1-3H3,(H,19,20). The number of nitrogens with two attached hydrogens (primary N) is 1. The van der Waals surface area contributed by atoms with E-state index < -0.39 is 5.97 Å². The Kier molecular flexibility index (Phi) is 4.14. The first kappa shape index (κ1) is 14.6. The number of rotatable bonds is 5. The summed E-state index contributed by atoms with van der Waals surface area (Å²) in [6, 6.07) is 3.54. The van der Waals surface area contributed by atoms with E-state index in [-0.39, 0.29) is 0 Å². The van der Waals surface area contributed by atoms with Crippen LogP contribution in [0.25, 0.3) is 10.9 Å². The second-order valence-corrected chi connectivity index (χ2v) is 5.25. The van der Waals surface area contributed by atoms with Crippen LogP contribution in [0.2, 0.25) is 0 Å². The first-order chi connectivity index (χ1) is 9.51. The van der Waals surface area contributed by atoms with Crippen molar-refractivity contribution in [1.29, 1.82) is 0 Å². The van der Waals surface area contributed by atoms with E-state index in [1.54, 1.807) is 12.1 Å². The van der Waals surface area contributed by atoms with Crippen molar-refractivity contribution < 1.29 is 9.90 Å². The second-order valence-electron chi connectivity index (χ2n) is 5.25. The van der Waals surface area contributed by atoms with Crippen molar-refractivity contribution in [2.75, 3.05) is 6.54 Å². The highest BCUT2D eigenvalue weighted by molar-refractivity contribution is 5.97. The van der Waals surface area contributed by atoms with Gasteiger partial charge in [-0.25, -0.2) is 4.79 Å². The predicted molar refractivity (Wildman–Crippen MR) is 81.4 cm³/mol. The molecule has 0 spiro atoms. The van der Waals surface area contributed by atoms with E-state index in [0.717, 1.165) is 35.9 Å². The van der Waals surface area contributed by atoms with Gasteiger partial charge in [0.05, 0.1) is 11.1 Å². The number of aromatic nitrogens is 1. The molecule has 1 aromatic heterocycles. The zero-order valence-corrected chi connectivity index (χ0v) is 12.4. The predicted octanol–water partition coefficient (Wildman–Crippen LogP) is 2.87. The molecule has 2 rings (SSSR count). The summed E-state index contributed by atoms with van der Waals surface area (Å²) in [4.78, 5) is 11.3. The molecule has 108 valence electrons. The van der Waals surface area contributed by atoms with Crippen molar-refractivity contribution in [2.24, 2.45) is 5.73 Å². The highest BCUT2D eigenvalue weighted by Gasteiger charge is 2.17. The van der Waals surface area contributed by atoms with Gasteiger partial charge in [0.2, 0.25) is 0 Å². The van der Waals surface area contributed by atoms with Gasteiger partial charge in [-0.05, 0) is 56.5 Å². The van der Waals surface area contributed by atoms with E-state index in [2.05, 4.69) is 18.4 Å². The van der Waals surface area contributed by atoms with Crippen LogP contribution >= 0.6 is 0 Å². The number of hydrogen-bond acceptors (Lipinski definition) is 2. The number of aryl methyl sites for hydroxylation is 2. The molecule has 0 aliphatic heterocycles. The lowest BCUT2D eigenvalue weighted by atomic mass is 10.0. The van der Waals surface area contributed by atoms with Crippen molar-refractivity contribution in [2.45, 2.75) is 40.2 Å². The molecule has 1 heterocycles. The average Bonchev–Trinajstić information content (AvgIpc) is 2.65. The minimum atomic E-state index is -0.880. The molecule has 0 atom stereocenters. The zero-order chi connectivity index (χ0) is 14.9. The van der Waals surface area contributed by atoms with Crippen LogP contribution in [-0.4, -0.2) is 22.2 Å². The van der Waals surface area contributed by atoms with Crippen LogP contribution in [0, 0.1) is 13.8 Å². The first-order valence-electron chi connectivity index (χ1n) is 7.06. The Hall–Kier alpha value is -1.81. The molecule has 0 saturated heterocycles. The van der Waals surface area contributed by atoms with Crippen molar-refractivity contribution in [1.82, 2.24) is 4.57 Å². The highest BCUT2D eigenvalue weighted by Crippen LogP contribution is 2.30. The summed E-state index contributed by atoms with van der Waals surface area (Å²) in [6.07, 6.45) is 1.83. The topological polar surface area (TPSA) is 68.2 Å². The Labute approximate surface area is 119 Å². The highest BCUT2D eigenvalue weighted by atomic mass is 16.4. The molecule has 2 aromatic rings. The maximum Gasteiger partial charge on any atom is 0.335 e. The summed E-state index contributed by atoms with van der Waals surface area (Å²) in [5.41, 5.74) is 10.6. The van der Waals surface area contributed by atoms with E-state index in [1.807, 2.05) is 6.92 Å². The van der Waals surface area contributed by atoms with Crippen LogP contribution in [0.3, 0.4) is 0 Å². The normalized spacial score (nSPS) is 11.2. The second kappa shape index (κ2) is 5.67. The number of carboxylic acid groups (broad SMARTS) is 1. The average molecular weight is 274 g/mol. The monoisotopic (exact) mass is 274 g/mol. The van der Waals surface area contributed by atoms with Gasteiger partial charge >= 0.3 is 5.97 Å². The molecule has 0 bridgehead atoms. The molecular weight excluding hydrogens is 252 g/mol. The van der Waals surface area contributed by atoms with Gasteiger partial charge in [0.15, 0.2) is 0 Å². The molecule has 0 radical (unpaired) electrons. The van der Waals surface area contributed by atoms with E-state index in [9.17, 15) is 9.90 Å². The quantitative estimate of drug-likeness (QED) is 0.881. The maximum atomic E-state index is 11.3. The van der Waals surface area contributed by atoms with Gasteiger partial charge < -0.3 is 15.4 Å². The Balaban J connectivity index is 2.81. The Morgan fingerprint density at radius 1 is 1.35 bits per heavy atom. The molecule has 0 aliphatic rings. The van der Waals surface area contributed by atoms with Crippen LogP contribution in [-0.2, 0) is 13.0 Å². The molecule has 4 heteroatoms. The van der Waals surface area contributed by atoms with Gasteiger partial charge in [-0.2, -0.15) is 0 Å². The van der Waals surface area contributed by atoms with Crippen LogP contribution < -0.4 is 5.73 Å². The van der Waals surface area contributed by atoms with E-state index in [0.29, 0.717) is 12.1 Å². The van der Waals surface area contributed by atoms with Crippen molar-refractivity contribution >= 4 is 16.9 Å². The van der Waals surface area contributed by atoms with Crippen LogP contribution in [0.4, 0.5) is 0 Å². The molecule has 3 N–H and O–H groups in total. The lowest BCUT2D eigenvalue weighted by Crippen LogP contribution is -2.05. The van der Waals surface area contributed by atoms with Crippen LogP contribution in [0.15, 0.2) is 12.1 Å². The number of fused-ring (bicyclic) bond motifs is 1. The van der Waals surface area contributed by atoms with Crippen molar-refractivity contribution in [3.05, 3.63) is 34.5 Å². The van der Waals surface area contributed by atoms with Gasteiger partial charge in [0.1, 0.15) is 0 Å². The molecule has 4 nitrogen and oxygen atoms in total. The Morgan fingerprint density at radius 2 is 2.05 bits per heavy atom. The van der Waals surface area contributed by atoms with Crippen LogP contribution in [0.1, 0.15) is 40.5 Å². The lowest BCUT2D eigenvalue weighted by Gasteiger charge is -2.09. The summed E-state index contributed by atoms with van der Waals surface area (Å²) < 4.78 is 2.29. The number of nitrogens with zero attached hydrogens (tertiary/aromatic N) is 1. The number of aromatic carboxylic acids is 1. The fourth-order valence-corrected chi connectivity index (χ4v) is 2.98. The summed E-state index contributed by atoms with van der Waals surface area (Å²) in [7, 11) is 0. The van der Waals surface area contributed by atoms with E-state index >= 15 is 0 Å². The molecule has 0 amide bonds. The van der Waals surface area contributed by atoms with E-state index in [4.69, 9.17) is 5.73 Å². The minimum absolute atomic E-state index is 0.349. The number of hydrogen-bond donors (Lipinski definition) is 2. The molecular formula is C16H22N2O2. The smallest absolute Gasteiger partial charge is 0.335 e. The van der Waals surface area contributed by atoms with Crippen molar-refractivity contribution in [3.8, 4) is 0 Å². The van der Waals surface area contributed by atoms with Crippen molar-refractivity contribution in [3.63, 3.8) is 0 Å². The fraction of sp³-hybridized carbons (Fsp3) is 0.438. The molecule has 0 aliphatic carbocycles. The molecule has 20 heavy (non-hydrogen) atoms. The van der Waals surface area contributed by atoms with Gasteiger partial charge in [0, 0.05) is 17.6 Å². The SMILES string of the molecule is CCCn1c(C)c(CCN)c2cc(C(=O)O)cc(C)c21. The number of benzene rings is 1. The third-order valence-corrected chi connectivity index (χ3v) is 3.83. The molecule has 0 fully saturated rings. The molecule has 0 unspecified atom stereocenters. The number of carbonyl (C=O) groups is 1. The lowest BCUT2D eigenvalue weighted by molar-refractivity contribution is 0.0697. The van der Waals surface area contributed by atoms with E-state index in [1.165, 1.54) is 11.3 Å². The third kappa shape index (κ3) is 2.31. The van der Waals surface area contributed by atoms with Gasteiger partial charge in [0.25, 0.3) is 0 Å². The Bertz CT molecular complexity index is 656. The van der Waals surface area contributed by atoms with Crippen LogP contribution in [0.5, 0.6) is 0 Å². The zero-order valence-electron chi connectivity index (χ0n) is 12.4. The summed E-state index contributed by atoms with van der Waals surface area (Å²) in [5.74, 6) is -0.880. The largest absolute Gasteiger partial charge is 0.478 e. The maximum absolute atomic E-state index is 11.3. The summed E-state index contributed by atoms with van der Waals surface area (Å²) >= 11 is 0. The molecule has 0 saturated carbocycles. The first-order valence-corrected chi connectivity index (χ1v) is 7.06. The summed E-state index contributed by atoms with van der Waals surface area (Å²) in [5, 5.41) is 10.3. The fourth-order valence-electron chi connectivity index (χ4n) is 2.98. The van der Waals surface area contributed by atoms with Gasteiger partial charge in [-0.15, -0.1) is 0 Å². The third-order valence-electron chi connectivity index (χ3n) is 3.83. The molecule has 1 aromatic carbocycles.